The third-order valence-corrected chi connectivity index (χ3v) is 3.89. The number of halogens is 1. The number of nitrogens with one attached hydrogen (secondary N) is 2. The van der Waals surface area contributed by atoms with Crippen LogP contribution in [0.2, 0.25) is 0 Å². The molecule has 2 N–H and O–H groups in total. The van der Waals surface area contributed by atoms with Gasteiger partial charge in [0.2, 0.25) is 5.91 Å². The molecule has 0 radical (unpaired) electrons. The van der Waals surface area contributed by atoms with Gasteiger partial charge >= 0.3 is 0 Å². The Balaban J connectivity index is 0.00000180. The Labute approximate surface area is 121 Å². The van der Waals surface area contributed by atoms with Crippen LogP contribution in [0.3, 0.4) is 0 Å². The van der Waals surface area contributed by atoms with E-state index < -0.39 is 0 Å². The summed E-state index contributed by atoms with van der Waals surface area (Å²) in [6, 6.07) is 8.33. The summed E-state index contributed by atoms with van der Waals surface area (Å²) in [6.45, 7) is 6.82. The normalized spacial score (nSPS) is 16.1. The highest BCUT2D eigenvalue weighted by Gasteiger charge is 2.28. The van der Waals surface area contributed by atoms with Crippen LogP contribution in [0.15, 0.2) is 24.3 Å². The summed E-state index contributed by atoms with van der Waals surface area (Å²) in [4.78, 5) is 11.9. The zero-order valence-electron chi connectivity index (χ0n) is 11.6. The van der Waals surface area contributed by atoms with Crippen LogP contribution in [0.4, 0.5) is 0 Å². The first-order chi connectivity index (χ1) is 8.68. The maximum Gasteiger partial charge on any atom is 0.223 e. The minimum Gasteiger partial charge on any atom is -0.356 e. The molecule has 106 valence electrons. The van der Waals surface area contributed by atoms with E-state index in [1.807, 2.05) is 19.1 Å². The van der Waals surface area contributed by atoms with Crippen molar-refractivity contribution in [1.29, 1.82) is 0 Å². The molecule has 1 amide bonds. The van der Waals surface area contributed by atoms with E-state index in [0.717, 1.165) is 26.1 Å². The van der Waals surface area contributed by atoms with Crippen molar-refractivity contribution in [2.45, 2.75) is 20.3 Å². The second kappa shape index (κ2) is 7.51. The van der Waals surface area contributed by atoms with E-state index in [1.165, 1.54) is 11.1 Å². The summed E-state index contributed by atoms with van der Waals surface area (Å²) in [6.07, 6.45) is 0.911. The average Bonchev–Trinajstić information content (AvgIpc) is 2.29. The maximum absolute atomic E-state index is 11.9. The number of aryl methyl sites for hydroxylation is 1. The molecule has 1 aliphatic rings. The van der Waals surface area contributed by atoms with E-state index in [2.05, 4.69) is 29.7 Å². The molecule has 1 aliphatic heterocycles. The van der Waals surface area contributed by atoms with E-state index in [0.29, 0.717) is 5.92 Å². The number of carbonyl (C=O) groups excluding carboxylic acids is 1. The average molecular weight is 283 g/mol. The van der Waals surface area contributed by atoms with Gasteiger partial charge in [-0.3, -0.25) is 4.79 Å². The molecule has 4 heteroatoms. The Morgan fingerprint density at radius 2 is 2.11 bits per heavy atom. The zero-order chi connectivity index (χ0) is 13.0. The van der Waals surface area contributed by atoms with Crippen LogP contribution in [0, 0.1) is 18.8 Å². The molecular weight excluding hydrogens is 260 g/mol. The fraction of sp³-hybridized carbons (Fsp3) is 0.533. The Kier molecular flexibility index (Phi) is 6.32. The van der Waals surface area contributed by atoms with E-state index in [4.69, 9.17) is 0 Å². The number of benzene rings is 1. The van der Waals surface area contributed by atoms with Crippen LogP contribution < -0.4 is 10.6 Å². The van der Waals surface area contributed by atoms with Gasteiger partial charge in [0.15, 0.2) is 0 Å². The summed E-state index contributed by atoms with van der Waals surface area (Å²) in [5, 5.41) is 6.25. The molecule has 0 aliphatic carbocycles. The van der Waals surface area contributed by atoms with E-state index in [9.17, 15) is 4.79 Å². The van der Waals surface area contributed by atoms with Gasteiger partial charge < -0.3 is 10.6 Å². The predicted molar refractivity (Wildman–Crippen MR) is 80.7 cm³/mol. The third kappa shape index (κ3) is 4.22. The van der Waals surface area contributed by atoms with E-state index >= 15 is 0 Å². The number of rotatable bonds is 5. The maximum atomic E-state index is 11.9. The molecule has 1 unspecified atom stereocenters. The monoisotopic (exact) mass is 282 g/mol. The van der Waals surface area contributed by atoms with Gasteiger partial charge in [0, 0.05) is 12.5 Å². The third-order valence-electron chi connectivity index (χ3n) is 3.89. The Morgan fingerprint density at radius 1 is 1.42 bits per heavy atom. The Hall–Kier alpha value is -1.06. The van der Waals surface area contributed by atoms with Gasteiger partial charge in [0.1, 0.15) is 0 Å². The second-order valence-corrected chi connectivity index (χ2v) is 5.17. The molecule has 1 atom stereocenters. The quantitative estimate of drug-likeness (QED) is 0.866. The lowest BCUT2D eigenvalue weighted by Crippen LogP contribution is -2.49. The van der Waals surface area contributed by atoms with Gasteiger partial charge in [-0.05, 0) is 43.5 Å². The van der Waals surface area contributed by atoms with Gasteiger partial charge in [-0.15, -0.1) is 12.4 Å². The molecule has 1 fully saturated rings. The highest BCUT2D eigenvalue weighted by Crippen LogP contribution is 2.15. The first kappa shape index (κ1) is 16.0. The molecule has 1 aromatic rings. The topological polar surface area (TPSA) is 41.1 Å². The fourth-order valence-electron chi connectivity index (χ4n) is 2.25. The summed E-state index contributed by atoms with van der Waals surface area (Å²) in [5.74, 6) is 0.835. The molecule has 0 spiro atoms. The van der Waals surface area contributed by atoms with Crippen molar-refractivity contribution in [2.75, 3.05) is 19.6 Å². The number of hydrogen-bond donors (Lipinski definition) is 2. The van der Waals surface area contributed by atoms with Crippen LogP contribution in [0.5, 0.6) is 0 Å². The number of amides is 1. The number of hydrogen-bond acceptors (Lipinski definition) is 2. The van der Waals surface area contributed by atoms with Crippen molar-refractivity contribution in [3.05, 3.63) is 35.4 Å². The summed E-state index contributed by atoms with van der Waals surface area (Å²) in [5.41, 5.74) is 2.61. The standard InChI is InChI=1S/C15H22N2O.ClH/c1-11-5-3-4-6-13(11)7-8-17-15(18)12(2)14-9-16-10-14;/h3-6,12,14,16H,7-10H2,1-2H3,(H,17,18);1H. The zero-order valence-corrected chi connectivity index (χ0v) is 12.4. The van der Waals surface area contributed by atoms with Crippen molar-refractivity contribution in [3.63, 3.8) is 0 Å². The lowest BCUT2D eigenvalue weighted by molar-refractivity contribution is -0.126. The largest absolute Gasteiger partial charge is 0.356 e. The smallest absolute Gasteiger partial charge is 0.223 e. The molecule has 1 aromatic carbocycles. The van der Waals surface area contributed by atoms with E-state index in [-0.39, 0.29) is 24.2 Å². The fourth-order valence-corrected chi connectivity index (χ4v) is 2.25. The molecule has 1 saturated heterocycles. The Bertz CT molecular complexity index is 418. The van der Waals surface area contributed by atoms with Crippen molar-refractivity contribution in [3.8, 4) is 0 Å². The van der Waals surface area contributed by atoms with Gasteiger partial charge in [-0.1, -0.05) is 31.2 Å². The van der Waals surface area contributed by atoms with Crippen molar-refractivity contribution < 1.29 is 4.79 Å². The second-order valence-electron chi connectivity index (χ2n) is 5.17. The summed E-state index contributed by atoms with van der Waals surface area (Å²) < 4.78 is 0. The molecule has 0 saturated carbocycles. The van der Waals surface area contributed by atoms with Gasteiger partial charge in [0.05, 0.1) is 0 Å². The SMILES string of the molecule is Cc1ccccc1CCNC(=O)C(C)C1CNC1.Cl. The van der Waals surface area contributed by atoms with Crippen LogP contribution in [-0.2, 0) is 11.2 Å². The lowest BCUT2D eigenvalue weighted by Gasteiger charge is -2.31. The highest BCUT2D eigenvalue weighted by molar-refractivity contribution is 5.85. The first-order valence-electron chi connectivity index (χ1n) is 6.71. The molecule has 1 heterocycles. The van der Waals surface area contributed by atoms with Crippen molar-refractivity contribution in [2.24, 2.45) is 11.8 Å². The van der Waals surface area contributed by atoms with Gasteiger partial charge in [-0.2, -0.15) is 0 Å². The first-order valence-corrected chi connectivity index (χ1v) is 6.71. The molecule has 19 heavy (non-hydrogen) atoms. The molecule has 2 rings (SSSR count). The predicted octanol–water partition coefficient (Wildman–Crippen LogP) is 1.93. The van der Waals surface area contributed by atoms with Crippen LogP contribution >= 0.6 is 12.4 Å². The minimum atomic E-state index is 0. The van der Waals surface area contributed by atoms with Crippen LogP contribution in [0.1, 0.15) is 18.1 Å². The van der Waals surface area contributed by atoms with Crippen molar-refractivity contribution in [1.82, 2.24) is 10.6 Å². The molecule has 0 bridgehead atoms. The molecule has 0 aromatic heterocycles. The molecular formula is C15H23ClN2O. The van der Waals surface area contributed by atoms with E-state index in [1.54, 1.807) is 0 Å². The van der Waals surface area contributed by atoms with Crippen molar-refractivity contribution >= 4 is 18.3 Å². The lowest BCUT2D eigenvalue weighted by atomic mass is 9.88. The van der Waals surface area contributed by atoms with Crippen LogP contribution in [-0.4, -0.2) is 25.5 Å². The Morgan fingerprint density at radius 3 is 2.68 bits per heavy atom. The summed E-state index contributed by atoms with van der Waals surface area (Å²) in [7, 11) is 0. The van der Waals surface area contributed by atoms with Crippen LogP contribution in [0.25, 0.3) is 0 Å². The summed E-state index contributed by atoms with van der Waals surface area (Å²) >= 11 is 0. The van der Waals surface area contributed by atoms with Gasteiger partial charge in [-0.25, -0.2) is 0 Å². The minimum absolute atomic E-state index is 0. The highest BCUT2D eigenvalue weighted by atomic mass is 35.5. The molecule has 3 nitrogen and oxygen atoms in total. The van der Waals surface area contributed by atoms with Gasteiger partial charge in [0.25, 0.3) is 0 Å². The number of carbonyl (C=O) groups is 1.